The fourth-order valence-electron chi connectivity index (χ4n) is 3.64. The molecule has 0 radical (unpaired) electrons. The molecule has 0 fully saturated rings. The number of para-hydroxylation sites is 1. The van der Waals surface area contributed by atoms with E-state index >= 15 is 0 Å². The van der Waals surface area contributed by atoms with Gasteiger partial charge in [0, 0.05) is 36.4 Å². The number of hydrogen-bond acceptors (Lipinski definition) is 4. The van der Waals surface area contributed by atoms with Gasteiger partial charge < -0.3 is 4.90 Å². The second kappa shape index (κ2) is 7.31. The number of pyridine rings is 1. The van der Waals surface area contributed by atoms with Gasteiger partial charge in [-0.15, -0.1) is 0 Å². The van der Waals surface area contributed by atoms with E-state index in [1.807, 2.05) is 55.4 Å². The lowest BCUT2D eigenvalue weighted by atomic mass is 10.0. The molecule has 0 atom stereocenters. The van der Waals surface area contributed by atoms with Gasteiger partial charge in [0.2, 0.25) is 0 Å². The number of nitrogens with one attached hydrogen (secondary N) is 2. The Kier molecular flexibility index (Phi) is 4.69. The SMILES string of the molecule is CN(C)c1cccc(C(=O)NNC(=O)c2c3c(nc4ccccc24)CCC3)c1. The fraction of sp³-hybridized carbons (Fsp3) is 0.227. The molecule has 2 N–H and O–H groups in total. The first-order valence-electron chi connectivity index (χ1n) is 9.33. The van der Waals surface area contributed by atoms with Crippen molar-refractivity contribution in [2.24, 2.45) is 0 Å². The summed E-state index contributed by atoms with van der Waals surface area (Å²) in [5, 5.41) is 0.810. The largest absolute Gasteiger partial charge is 0.378 e. The van der Waals surface area contributed by atoms with Crippen molar-refractivity contribution in [2.45, 2.75) is 19.3 Å². The highest BCUT2D eigenvalue weighted by Crippen LogP contribution is 2.29. The third-order valence-corrected chi connectivity index (χ3v) is 5.06. The van der Waals surface area contributed by atoms with Crippen LogP contribution in [-0.4, -0.2) is 30.9 Å². The Morgan fingerprint density at radius 1 is 0.964 bits per heavy atom. The summed E-state index contributed by atoms with van der Waals surface area (Å²) in [6.45, 7) is 0. The number of aryl methyl sites for hydroxylation is 1. The maximum atomic E-state index is 13.0. The van der Waals surface area contributed by atoms with Crippen LogP contribution in [0.15, 0.2) is 48.5 Å². The molecule has 0 saturated heterocycles. The van der Waals surface area contributed by atoms with Crippen molar-refractivity contribution >= 4 is 28.4 Å². The highest BCUT2D eigenvalue weighted by molar-refractivity contribution is 6.08. The number of fused-ring (bicyclic) bond motifs is 2. The lowest BCUT2D eigenvalue weighted by molar-refractivity contribution is 0.0847. The standard InChI is InChI=1S/C22H22N4O2/c1-26(2)15-8-5-7-14(13-15)21(27)24-25-22(28)20-16-9-3-4-11-18(16)23-19-12-6-10-17(19)20/h3-5,7-9,11,13H,6,10,12H2,1-2H3,(H,24,27)(H,25,28). The van der Waals surface area contributed by atoms with Crippen LogP contribution < -0.4 is 15.8 Å². The second-order valence-corrected chi connectivity index (χ2v) is 7.14. The van der Waals surface area contributed by atoms with Gasteiger partial charge >= 0.3 is 0 Å². The molecule has 2 aromatic carbocycles. The number of hydrogen-bond donors (Lipinski definition) is 2. The van der Waals surface area contributed by atoms with Crippen molar-refractivity contribution in [1.29, 1.82) is 0 Å². The van der Waals surface area contributed by atoms with E-state index in [0.29, 0.717) is 11.1 Å². The molecular formula is C22H22N4O2. The maximum Gasteiger partial charge on any atom is 0.270 e. The Labute approximate surface area is 163 Å². The van der Waals surface area contributed by atoms with Gasteiger partial charge in [0.25, 0.3) is 11.8 Å². The molecule has 1 heterocycles. The highest BCUT2D eigenvalue weighted by atomic mass is 16.2. The maximum absolute atomic E-state index is 13.0. The number of carbonyl (C=O) groups is 2. The lowest BCUT2D eigenvalue weighted by Crippen LogP contribution is -2.42. The average molecular weight is 374 g/mol. The Bertz CT molecular complexity index is 1080. The molecule has 6 nitrogen and oxygen atoms in total. The van der Waals surface area contributed by atoms with Crippen LogP contribution in [0.25, 0.3) is 10.9 Å². The Morgan fingerprint density at radius 3 is 2.57 bits per heavy atom. The monoisotopic (exact) mass is 374 g/mol. The van der Waals surface area contributed by atoms with Crippen LogP contribution in [-0.2, 0) is 12.8 Å². The van der Waals surface area contributed by atoms with Crippen molar-refractivity contribution in [3.05, 3.63) is 70.9 Å². The van der Waals surface area contributed by atoms with Crippen molar-refractivity contribution in [3.63, 3.8) is 0 Å². The number of carbonyl (C=O) groups excluding carboxylic acids is 2. The number of anilines is 1. The van der Waals surface area contributed by atoms with Crippen molar-refractivity contribution in [1.82, 2.24) is 15.8 Å². The number of rotatable bonds is 3. The van der Waals surface area contributed by atoms with Crippen LogP contribution in [0.1, 0.15) is 38.4 Å². The van der Waals surface area contributed by atoms with Gasteiger partial charge in [-0.05, 0) is 49.1 Å². The van der Waals surface area contributed by atoms with Crippen LogP contribution in [0.3, 0.4) is 0 Å². The summed E-state index contributed by atoms with van der Waals surface area (Å²) >= 11 is 0. The average Bonchev–Trinajstić information content (AvgIpc) is 3.17. The topological polar surface area (TPSA) is 74.3 Å². The van der Waals surface area contributed by atoms with Gasteiger partial charge in [-0.2, -0.15) is 0 Å². The zero-order chi connectivity index (χ0) is 19.7. The van der Waals surface area contributed by atoms with E-state index in [1.165, 1.54) is 0 Å². The Balaban J connectivity index is 1.58. The van der Waals surface area contributed by atoms with Crippen molar-refractivity contribution in [2.75, 3.05) is 19.0 Å². The smallest absolute Gasteiger partial charge is 0.270 e. The molecule has 4 rings (SSSR count). The minimum absolute atomic E-state index is 0.311. The van der Waals surface area contributed by atoms with Gasteiger partial charge in [0.15, 0.2) is 0 Å². The van der Waals surface area contributed by atoms with Crippen molar-refractivity contribution in [3.8, 4) is 0 Å². The van der Waals surface area contributed by atoms with Crippen LogP contribution in [0.4, 0.5) is 5.69 Å². The first kappa shape index (κ1) is 18.0. The fourth-order valence-corrected chi connectivity index (χ4v) is 3.64. The minimum Gasteiger partial charge on any atom is -0.378 e. The molecule has 0 unspecified atom stereocenters. The number of hydrazine groups is 1. The van der Waals surface area contributed by atoms with Crippen LogP contribution in [0.2, 0.25) is 0 Å². The summed E-state index contributed by atoms with van der Waals surface area (Å²) in [6, 6.07) is 14.9. The molecular weight excluding hydrogens is 352 g/mol. The summed E-state index contributed by atoms with van der Waals surface area (Å²) in [5.74, 6) is -0.666. The predicted octanol–water partition coefficient (Wildman–Crippen LogP) is 2.86. The van der Waals surface area contributed by atoms with Crippen molar-refractivity contribution < 1.29 is 9.59 Å². The van der Waals surface area contributed by atoms with E-state index in [-0.39, 0.29) is 11.8 Å². The van der Waals surface area contributed by atoms with E-state index in [2.05, 4.69) is 10.9 Å². The van der Waals surface area contributed by atoms with Crippen LogP contribution in [0.5, 0.6) is 0 Å². The molecule has 1 aliphatic carbocycles. The lowest BCUT2D eigenvalue weighted by Gasteiger charge is -2.15. The minimum atomic E-state index is -0.355. The summed E-state index contributed by atoms with van der Waals surface area (Å²) < 4.78 is 0. The van der Waals surface area contributed by atoms with Crippen LogP contribution in [0, 0.1) is 0 Å². The van der Waals surface area contributed by atoms with Crippen LogP contribution >= 0.6 is 0 Å². The van der Waals surface area contributed by atoms with Gasteiger partial charge in [0.05, 0.1) is 11.1 Å². The van der Waals surface area contributed by atoms with Gasteiger partial charge in [-0.1, -0.05) is 24.3 Å². The summed E-state index contributed by atoms with van der Waals surface area (Å²) in [7, 11) is 3.82. The first-order chi connectivity index (χ1) is 13.5. The molecule has 1 aliphatic rings. The Morgan fingerprint density at radius 2 is 1.75 bits per heavy atom. The predicted molar refractivity (Wildman–Crippen MR) is 109 cm³/mol. The quantitative estimate of drug-likeness (QED) is 0.692. The summed E-state index contributed by atoms with van der Waals surface area (Å²) in [6.07, 6.45) is 2.70. The number of amides is 2. The van der Waals surface area contributed by atoms with Gasteiger partial charge in [-0.25, -0.2) is 0 Å². The van der Waals surface area contributed by atoms with E-state index in [0.717, 1.165) is 47.1 Å². The summed E-state index contributed by atoms with van der Waals surface area (Å²) in [5.41, 5.74) is 9.91. The zero-order valence-corrected chi connectivity index (χ0v) is 16.0. The van der Waals surface area contributed by atoms with E-state index in [4.69, 9.17) is 4.98 Å². The third kappa shape index (κ3) is 3.29. The molecule has 6 heteroatoms. The van der Waals surface area contributed by atoms with E-state index in [9.17, 15) is 9.59 Å². The Hall–Kier alpha value is -3.41. The molecule has 2 amide bonds. The number of aromatic nitrogens is 1. The molecule has 0 aliphatic heterocycles. The normalized spacial score (nSPS) is 12.5. The molecule has 0 spiro atoms. The summed E-state index contributed by atoms with van der Waals surface area (Å²) in [4.78, 5) is 32.1. The molecule has 0 saturated carbocycles. The number of nitrogens with zero attached hydrogens (tertiary/aromatic N) is 2. The molecule has 0 bridgehead atoms. The van der Waals surface area contributed by atoms with Gasteiger partial charge in [0.1, 0.15) is 0 Å². The van der Waals surface area contributed by atoms with E-state index < -0.39 is 0 Å². The first-order valence-corrected chi connectivity index (χ1v) is 9.33. The van der Waals surface area contributed by atoms with E-state index in [1.54, 1.807) is 12.1 Å². The highest BCUT2D eigenvalue weighted by Gasteiger charge is 2.24. The number of benzene rings is 2. The second-order valence-electron chi connectivity index (χ2n) is 7.14. The molecule has 1 aromatic heterocycles. The molecule has 28 heavy (non-hydrogen) atoms. The molecule has 142 valence electrons. The third-order valence-electron chi connectivity index (χ3n) is 5.06. The molecule has 3 aromatic rings. The zero-order valence-electron chi connectivity index (χ0n) is 16.0. The van der Waals surface area contributed by atoms with Gasteiger partial charge in [-0.3, -0.25) is 25.4 Å².